The Morgan fingerprint density at radius 2 is 2.14 bits per heavy atom. The molecule has 1 aromatic carbocycles. The van der Waals surface area contributed by atoms with E-state index in [9.17, 15) is 9.59 Å². The molecule has 0 saturated carbocycles. The van der Waals surface area contributed by atoms with Crippen molar-refractivity contribution in [3.05, 3.63) is 29.3 Å². The third-order valence-corrected chi connectivity index (χ3v) is 3.70. The van der Waals surface area contributed by atoms with Gasteiger partial charge in [0, 0.05) is 23.2 Å². The highest BCUT2D eigenvalue weighted by Gasteiger charge is 2.25. The minimum atomic E-state index is -0.207. The second-order valence-corrected chi connectivity index (χ2v) is 5.64. The Bertz CT molecular complexity index is 504. The van der Waals surface area contributed by atoms with Gasteiger partial charge in [-0.25, -0.2) is 0 Å². The first kappa shape index (κ1) is 15.8. The molecule has 0 aliphatic carbocycles. The number of rotatable bonds is 5. The summed E-state index contributed by atoms with van der Waals surface area (Å²) in [4.78, 5) is 25.5. The van der Waals surface area contributed by atoms with Crippen LogP contribution in [-0.4, -0.2) is 36.0 Å². The first-order chi connectivity index (χ1) is 10.1. The zero-order valence-corrected chi connectivity index (χ0v) is 12.8. The van der Waals surface area contributed by atoms with Gasteiger partial charge in [-0.2, -0.15) is 0 Å². The molecule has 2 N–H and O–H groups in total. The minimum absolute atomic E-state index is 0.0263. The van der Waals surface area contributed by atoms with E-state index in [1.165, 1.54) is 4.90 Å². The Balaban J connectivity index is 1.83. The van der Waals surface area contributed by atoms with Gasteiger partial charge < -0.3 is 10.2 Å². The average molecular weight is 310 g/mol. The normalized spacial score (nSPS) is 18.7. The number of halogens is 1. The van der Waals surface area contributed by atoms with Crippen LogP contribution in [-0.2, 0) is 9.59 Å². The third kappa shape index (κ3) is 4.72. The molecule has 6 heteroatoms. The van der Waals surface area contributed by atoms with Crippen molar-refractivity contribution >= 4 is 29.1 Å². The second kappa shape index (κ2) is 7.43. The van der Waals surface area contributed by atoms with Crippen molar-refractivity contribution < 1.29 is 9.59 Å². The lowest BCUT2D eigenvalue weighted by atomic mass is 10.1. The van der Waals surface area contributed by atoms with Gasteiger partial charge in [0.15, 0.2) is 0 Å². The van der Waals surface area contributed by atoms with E-state index in [0.29, 0.717) is 23.8 Å². The number of anilines is 1. The van der Waals surface area contributed by atoms with E-state index in [-0.39, 0.29) is 24.4 Å². The van der Waals surface area contributed by atoms with Crippen LogP contribution in [0.2, 0.25) is 5.02 Å². The number of benzene rings is 1. The predicted octanol–water partition coefficient (Wildman–Crippen LogP) is 2.23. The van der Waals surface area contributed by atoms with Gasteiger partial charge in [0.1, 0.15) is 6.54 Å². The SMILES string of the molecule is CCCC1CC(=O)N(CC(=O)Nc2ccc(Cl)cc2)CN1. The Hall–Kier alpha value is -1.59. The van der Waals surface area contributed by atoms with Gasteiger partial charge >= 0.3 is 0 Å². The zero-order valence-electron chi connectivity index (χ0n) is 12.1. The van der Waals surface area contributed by atoms with Crippen molar-refractivity contribution in [3.63, 3.8) is 0 Å². The summed E-state index contributed by atoms with van der Waals surface area (Å²) in [6.07, 6.45) is 2.49. The highest BCUT2D eigenvalue weighted by Crippen LogP contribution is 2.14. The van der Waals surface area contributed by atoms with Crippen LogP contribution in [0.25, 0.3) is 0 Å². The van der Waals surface area contributed by atoms with Crippen LogP contribution in [0.1, 0.15) is 26.2 Å². The Morgan fingerprint density at radius 3 is 2.76 bits per heavy atom. The van der Waals surface area contributed by atoms with Crippen LogP contribution in [0.3, 0.4) is 0 Å². The van der Waals surface area contributed by atoms with E-state index in [1.807, 2.05) is 0 Å². The Kier molecular flexibility index (Phi) is 5.59. The smallest absolute Gasteiger partial charge is 0.244 e. The van der Waals surface area contributed by atoms with E-state index in [1.54, 1.807) is 24.3 Å². The van der Waals surface area contributed by atoms with Gasteiger partial charge in [-0.15, -0.1) is 0 Å². The summed E-state index contributed by atoms with van der Waals surface area (Å²) < 4.78 is 0. The monoisotopic (exact) mass is 309 g/mol. The molecule has 5 nitrogen and oxygen atoms in total. The van der Waals surface area contributed by atoms with Crippen LogP contribution in [0, 0.1) is 0 Å². The molecule has 1 aromatic rings. The summed E-state index contributed by atoms with van der Waals surface area (Å²) in [5, 5.41) is 6.66. The maximum atomic E-state index is 12.0. The Labute approximate surface area is 129 Å². The molecule has 1 saturated heterocycles. The van der Waals surface area contributed by atoms with Crippen molar-refractivity contribution in [2.24, 2.45) is 0 Å². The molecular weight excluding hydrogens is 290 g/mol. The zero-order chi connectivity index (χ0) is 15.2. The summed E-state index contributed by atoms with van der Waals surface area (Å²) in [5.41, 5.74) is 0.672. The first-order valence-electron chi connectivity index (χ1n) is 7.15. The molecule has 2 amide bonds. The molecule has 1 unspecified atom stereocenters. The van der Waals surface area contributed by atoms with E-state index in [2.05, 4.69) is 17.6 Å². The van der Waals surface area contributed by atoms with E-state index >= 15 is 0 Å². The summed E-state index contributed by atoms with van der Waals surface area (Å²) in [6.45, 7) is 2.59. The van der Waals surface area contributed by atoms with Crippen molar-refractivity contribution in [1.82, 2.24) is 10.2 Å². The molecular formula is C15H20ClN3O2. The summed E-state index contributed by atoms with van der Waals surface area (Å²) in [7, 11) is 0. The molecule has 114 valence electrons. The van der Waals surface area contributed by atoms with Crippen molar-refractivity contribution in [3.8, 4) is 0 Å². The molecule has 0 spiro atoms. The third-order valence-electron chi connectivity index (χ3n) is 3.44. The van der Waals surface area contributed by atoms with Gasteiger partial charge in [-0.1, -0.05) is 24.9 Å². The number of hydrogen-bond donors (Lipinski definition) is 2. The van der Waals surface area contributed by atoms with Crippen molar-refractivity contribution in [1.29, 1.82) is 0 Å². The fraction of sp³-hybridized carbons (Fsp3) is 0.467. The lowest BCUT2D eigenvalue weighted by Crippen LogP contribution is -2.52. The Morgan fingerprint density at radius 1 is 1.43 bits per heavy atom. The van der Waals surface area contributed by atoms with E-state index in [0.717, 1.165) is 12.8 Å². The van der Waals surface area contributed by atoms with Crippen LogP contribution in [0.5, 0.6) is 0 Å². The molecule has 0 aromatic heterocycles. The molecule has 1 aliphatic rings. The lowest BCUT2D eigenvalue weighted by molar-refractivity contribution is -0.138. The molecule has 1 heterocycles. The van der Waals surface area contributed by atoms with Crippen LogP contribution < -0.4 is 10.6 Å². The van der Waals surface area contributed by atoms with Gasteiger partial charge in [0.2, 0.25) is 11.8 Å². The standard InChI is InChI=1S/C15H20ClN3O2/c1-2-3-13-8-15(21)19(10-17-13)9-14(20)18-12-6-4-11(16)5-7-12/h4-7,13,17H,2-3,8-10H2,1H3,(H,18,20). The largest absolute Gasteiger partial charge is 0.325 e. The van der Waals surface area contributed by atoms with E-state index in [4.69, 9.17) is 11.6 Å². The first-order valence-corrected chi connectivity index (χ1v) is 7.53. The van der Waals surface area contributed by atoms with Gasteiger partial charge in [0.25, 0.3) is 0 Å². The number of carbonyl (C=O) groups is 2. The molecule has 0 bridgehead atoms. The van der Waals surface area contributed by atoms with Crippen LogP contribution in [0.4, 0.5) is 5.69 Å². The fourth-order valence-electron chi connectivity index (χ4n) is 2.34. The van der Waals surface area contributed by atoms with Gasteiger partial charge in [-0.05, 0) is 30.7 Å². The lowest BCUT2D eigenvalue weighted by Gasteiger charge is -2.32. The number of hydrogen-bond acceptors (Lipinski definition) is 3. The molecule has 1 fully saturated rings. The van der Waals surface area contributed by atoms with E-state index < -0.39 is 0 Å². The molecule has 1 aliphatic heterocycles. The average Bonchev–Trinajstić information content (AvgIpc) is 2.45. The second-order valence-electron chi connectivity index (χ2n) is 5.20. The highest BCUT2D eigenvalue weighted by atomic mass is 35.5. The maximum absolute atomic E-state index is 12.0. The van der Waals surface area contributed by atoms with Gasteiger partial charge in [-0.3, -0.25) is 14.9 Å². The highest BCUT2D eigenvalue weighted by molar-refractivity contribution is 6.30. The molecule has 1 atom stereocenters. The number of amides is 2. The molecule has 0 radical (unpaired) electrons. The van der Waals surface area contributed by atoms with Crippen LogP contribution >= 0.6 is 11.6 Å². The van der Waals surface area contributed by atoms with Crippen LogP contribution in [0.15, 0.2) is 24.3 Å². The molecule has 2 rings (SSSR count). The number of nitrogens with zero attached hydrogens (tertiary/aromatic N) is 1. The number of nitrogens with one attached hydrogen (secondary N) is 2. The minimum Gasteiger partial charge on any atom is -0.325 e. The fourth-order valence-corrected chi connectivity index (χ4v) is 2.47. The van der Waals surface area contributed by atoms with Gasteiger partial charge in [0.05, 0.1) is 6.67 Å². The quantitative estimate of drug-likeness (QED) is 0.877. The summed E-state index contributed by atoms with van der Waals surface area (Å²) in [5.74, 6) is -0.181. The maximum Gasteiger partial charge on any atom is 0.244 e. The topological polar surface area (TPSA) is 61.4 Å². The molecule has 21 heavy (non-hydrogen) atoms. The van der Waals surface area contributed by atoms with Crippen molar-refractivity contribution in [2.45, 2.75) is 32.2 Å². The van der Waals surface area contributed by atoms with Crippen molar-refractivity contribution in [2.75, 3.05) is 18.5 Å². The summed E-state index contributed by atoms with van der Waals surface area (Å²) in [6, 6.07) is 7.11. The number of carbonyl (C=O) groups excluding carboxylic acids is 2. The predicted molar refractivity (Wildman–Crippen MR) is 83.1 cm³/mol. The summed E-state index contributed by atoms with van der Waals surface area (Å²) >= 11 is 5.79.